The Morgan fingerprint density at radius 1 is 1.29 bits per heavy atom. The molecule has 2 heterocycles. The molecule has 0 unspecified atom stereocenters. The average molecular weight is 499 g/mol. The van der Waals surface area contributed by atoms with E-state index in [0.29, 0.717) is 11.9 Å². The molecular formula is C20H30IN5O2. The Bertz CT molecular complexity index is 748. The highest BCUT2D eigenvalue weighted by Crippen LogP contribution is 2.20. The van der Waals surface area contributed by atoms with Crippen LogP contribution < -0.4 is 15.8 Å². The van der Waals surface area contributed by atoms with E-state index in [2.05, 4.69) is 20.2 Å². The Morgan fingerprint density at radius 3 is 2.54 bits per heavy atom. The number of guanidine groups is 1. The van der Waals surface area contributed by atoms with Crippen molar-refractivity contribution in [2.75, 3.05) is 32.1 Å². The molecule has 2 aromatic rings. The number of hydrogen-bond donors (Lipinski definition) is 2. The van der Waals surface area contributed by atoms with Crippen molar-refractivity contribution in [3.63, 3.8) is 0 Å². The van der Waals surface area contributed by atoms with Crippen molar-refractivity contribution in [2.45, 2.75) is 33.2 Å². The molecule has 1 aromatic heterocycles. The van der Waals surface area contributed by atoms with Crippen LogP contribution in [0, 0.1) is 19.8 Å². The zero-order valence-electron chi connectivity index (χ0n) is 16.8. The molecule has 0 radical (unpaired) electrons. The summed E-state index contributed by atoms with van der Waals surface area (Å²) < 4.78 is 10.8. The van der Waals surface area contributed by atoms with Gasteiger partial charge in [-0.2, -0.15) is 0 Å². The van der Waals surface area contributed by atoms with Crippen LogP contribution in [0.25, 0.3) is 0 Å². The van der Waals surface area contributed by atoms with E-state index in [9.17, 15) is 0 Å². The Hall–Kier alpha value is -1.81. The standard InChI is InChI=1S/C20H29N5O2.HI/c1-14-15(2)27-19(23-14)13-25-10-8-16(9-11-25)12-22-20(21)24-17-4-6-18(26-3)7-5-17;/h4-7,16H,8-13H2,1-3H3,(H3,21,22,24);1H. The lowest BCUT2D eigenvalue weighted by Crippen LogP contribution is -2.34. The van der Waals surface area contributed by atoms with Crippen LogP contribution in [-0.2, 0) is 6.54 Å². The molecule has 1 saturated heterocycles. The number of halogens is 1. The quantitative estimate of drug-likeness (QED) is 0.359. The maximum absolute atomic E-state index is 6.02. The van der Waals surface area contributed by atoms with Crippen LogP contribution in [0.3, 0.4) is 0 Å². The third-order valence-corrected chi connectivity index (χ3v) is 5.02. The molecule has 1 aliphatic rings. The third-order valence-electron chi connectivity index (χ3n) is 5.02. The molecule has 0 aliphatic carbocycles. The second kappa shape index (κ2) is 10.7. The topological polar surface area (TPSA) is 88.9 Å². The van der Waals surface area contributed by atoms with Crippen molar-refractivity contribution in [2.24, 2.45) is 16.6 Å². The van der Waals surface area contributed by atoms with Gasteiger partial charge in [-0.1, -0.05) is 0 Å². The highest BCUT2D eigenvalue weighted by molar-refractivity contribution is 14.0. The van der Waals surface area contributed by atoms with Crippen LogP contribution >= 0.6 is 24.0 Å². The number of oxazole rings is 1. The van der Waals surface area contributed by atoms with Crippen LogP contribution in [0.15, 0.2) is 33.7 Å². The number of aromatic nitrogens is 1. The summed E-state index contributed by atoms with van der Waals surface area (Å²) in [5, 5.41) is 3.12. The molecule has 3 rings (SSSR count). The van der Waals surface area contributed by atoms with Crippen LogP contribution in [0.4, 0.5) is 5.69 Å². The van der Waals surface area contributed by atoms with Gasteiger partial charge in [0.15, 0.2) is 5.96 Å². The van der Waals surface area contributed by atoms with Crippen molar-refractivity contribution in [3.05, 3.63) is 41.6 Å². The van der Waals surface area contributed by atoms with Gasteiger partial charge in [0.25, 0.3) is 0 Å². The molecule has 8 heteroatoms. The second-order valence-corrected chi connectivity index (χ2v) is 7.05. The molecule has 0 spiro atoms. The van der Waals surface area contributed by atoms with Gasteiger partial charge < -0.3 is 20.2 Å². The maximum atomic E-state index is 6.02. The van der Waals surface area contributed by atoms with Gasteiger partial charge in [-0.05, 0) is 70.0 Å². The minimum atomic E-state index is 0. The molecule has 7 nitrogen and oxygen atoms in total. The van der Waals surface area contributed by atoms with E-state index < -0.39 is 0 Å². The van der Waals surface area contributed by atoms with Gasteiger partial charge in [-0.3, -0.25) is 9.89 Å². The molecule has 3 N–H and O–H groups in total. The molecule has 154 valence electrons. The summed E-state index contributed by atoms with van der Waals surface area (Å²) in [4.78, 5) is 11.4. The molecule has 0 atom stereocenters. The minimum absolute atomic E-state index is 0. The Kier molecular flexibility index (Phi) is 8.56. The molecule has 1 aromatic carbocycles. The second-order valence-electron chi connectivity index (χ2n) is 7.05. The number of ether oxygens (including phenoxy) is 1. The van der Waals surface area contributed by atoms with Gasteiger partial charge in [-0.15, -0.1) is 24.0 Å². The summed E-state index contributed by atoms with van der Waals surface area (Å²) >= 11 is 0. The zero-order chi connectivity index (χ0) is 19.2. The number of aliphatic imine (C=N–C) groups is 1. The fourth-order valence-corrected chi connectivity index (χ4v) is 3.21. The number of methoxy groups -OCH3 is 1. The monoisotopic (exact) mass is 499 g/mol. The zero-order valence-corrected chi connectivity index (χ0v) is 19.1. The van der Waals surface area contributed by atoms with E-state index >= 15 is 0 Å². The van der Waals surface area contributed by atoms with Crippen molar-refractivity contribution >= 4 is 35.6 Å². The number of nitrogens with one attached hydrogen (secondary N) is 1. The van der Waals surface area contributed by atoms with Gasteiger partial charge in [-0.25, -0.2) is 4.98 Å². The van der Waals surface area contributed by atoms with E-state index in [1.807, 2.05) is 38.1 Å². The predicted molar refractivity (Wildman–Crippen MR) is 122 cm³/mol. The number of nitrogens with zero attached hydrogens (tertiary/aromatic N) is 3. The Morgan fingerprint density at radius 2 is 1.96 bits per heavy atom. The van der Waals surface area contributed by atoms with Crippen LogP contribution in [0.1, 0.15) is 30.2 Å². The van der Waals surface area contributed by atoms with Gasteiger partial charge in [0.2, 0.25) is 5.89 Å². The Labute approximate surface area is 183 Å². The van der Waals surface area contributed by atoms with Crippen molar-refractivity contribution in [1.82, 2.24) is 9.88 Å². The lowest BCUT2D eigenvalue weighted by molar-refractivity contribution is 0.166. The van der Waals surface area contributed by atoms with Gasteiger partial charge in [0.05, 0.1) is 19.3 Å². The lowest BCUT2D eigenvalue weighted by atomic mass is 9.97. The SMILES string of the molecule is COc1ccc(NC(N)=NCC2CCN(Cc3nc(C)c(C)o3)CC2)cc1.I. The fraction of sp³-hybridized carbons (Fsp3) is 0.500. The summed E-state index contributed by atoms with van der Waals surface area (Å²) in [5.41, 5.74) is 7.90. The largest absolute Gasteiger partial charge is 0.497 e. The molecule has 0 saturated carbocycles. The summed E-state index contributed by atoms with van der Waals surface area (Å²) in [7, 11) is 1.65. The van der Waals surface area contributed by atoms with E-state index in [1.54, 1.807) is 7.11 Å². The molecular weight excluding hydrogens is 469 g/mol. The number of anilines is 1. The number of nitrogens with two attached hydrogens (primary N) is 1. The van der Waals surface area contributed by atoms with Gasteiger partial charge in [0, 0.05) is 12.2 Å². The van der Waals surface area contributed by atoms with E-state index in [1.165, 1.54) is 0 Å². The fourth-order valence-electron chi connectivity index (χ4n) is 3.21. The first-order valence-corrected chi connectivity index (χ1v) is 9.39. The maximum Gasteiger partial charge on any atom is 0.208 e. The number of benzene rings is 1. The van der Waals surface area contributed by atoms with Crippen LogP contribution in [0.5, 0.6) is 5.75 Å². The van der Waals surface area contributed by atoms with E-state index in [-0.39, 0.29) is 24.0 Å². The smallest absolute Gasteiger partial charge is 0.208 e. The summed E-state index contributed by atoms with van der Waals surface area (Å²) in [6, 6.07) is 7.63. The Balaban J connectivity index is 0.00000280. The van der Waals surface area contributed by atoms with Crippen molar-refractivity contribution in [1.29, 1.82) is 0 Å². The number of piperidine rings is 1. The van der Waals surface area contributed by atoms with Crippen LogP contribution in [0.2, 0.25) is 0 Å². The lowest BCUT2D eigenvalue weighted by Gasteiger charge is -2.30. The number of hydrogen-bond acceptors (Lipinski definition) is 5. The summed E-state index contributed by atoms with van der Waals surface area (Å²) in [6.45, 7) is 7.54. The van der Waals surface area contributed by atoms with Crippen molar-refractivity contribution in [3.8, 4) is 5.75 Å². The molecule has 0 bridgehead atoms. The molecule has 0 amide bonds. The molecule has 28 heavy (non-hydrogen) atoms. The average Bonchev–Trinajstić information content (AvgIpc) is 2.99. The minimum Gasteiger partial charge on any atom is -0.497 e. The van der Waals surface area contributed by atoms with E-state index in [0.717, 1.165) is 67.8 Å². The third kappa shape index (κ3) is 6.37. The number of aryl methyl sites for hydroxylation is 2. The van der Waals surface area contributed by atoms with Crippen molar-refractivity contribution < 1.29 is 9.15 Å². The highest BCUT2D eigenvalue weighted by Gasteiger charge is 2.20. The molecule has 1 fully saturated rings. The summed E-state index contributed by atoms with van der Waals surface area (Å²) in [5.74, 6) is 3.56. The van der Waals surface area contributed by atoms with E-state index in [4.69, 9.17) is 14.9 Å². The normalized spacial score (nSPS) is 15.9. The first kappa shape index (κ1) is 22.5. The summed E-state index contributed by atoms with van der Waals surface area (Å²) in [6.07, 6.45) is 2.22. The first-order chi connectivity index (χ1) is 13.0. The molecule has 1 aliphatic heterocycles. The van der Waals surface area contributed by atoms with Crippen LogP contribution in [-0.4, -0.2) is 42.6 Å². The number of likely N-dealkylation sites (tertiary alicyclic amines) is 1. The number of rotatable bonds is 6. The van der Waals surface area contributed by atoms with Gasteiger partial charge in [0.1, 0.15) is 11.5 Å². The highest BCUT2D eigenvalue weighted by atomic mass is 127. The first-order valence-electron chi connectivity index (χ1n) is 9.39. The van der Waals surface area contributed by atoms with Gasteiger partial charge >= 0.3 is 0 Å². The predicted octanol–water partition coefficient (Wildman–Crippen LogP) is 3.56.